The molecule has 0 aromatic heterocycles. The molecule has 0 heterocycles. The zero-order valence-corrected chi connectivity index (χ0v) is 14.1. The molecular formula is C16H25N3OS. The van der Waals surface area contributed by atoms with Crippen LogP contribution >= 0.6 is 12.2 Å². The van der Waals surface area contributed by atoms with Crippen LogP contribution in [0.2, 0.25) is 0 Å². The van der Waals surface area contributed by atoms with E-state index in [1.165, 1.54) is 0 Å². The zero-order chi connectivity index (χ0) is 16.0. The number of hydrogen-bond acceptors (Lipinski definition) is 3. The van der Waals surface area contributed by atoms with Gasteiger partial charge in [-0.3, -0.25) is 9.69 Å². The first-order valence-corrected chi connectivity index (χ1v) is 7.69. The molecule has 1 aromatic carbocycles. The van der Waals surface area contributed by atoms with Gasteiger partial charge in [0.25, 0.3) is 0 Å². The number of rotatable bonds is 7. The summed E-state index contributed by atoms with van der Waals surface area (Å²) in [6, 6.07) is 7.68. The second-order valence-electron chi connectivity index (χ2n) is 5.17. The summed E-state index contributed by atoms with van der Waals surface area (Å²) in [5, 5.41) is 0. The Morgan fingerprint density at radius 1 is 1.33 bits per heavy atom. The van der Waals surface area contributed by atoms with Crippen molar-refractivity contribution in [1.29, 1.82) is 0 Å². The molecule has 1 atom stereocenters. The Balaban J connectivity index is 2.76. The summed E-state index contributed by atoms with van der Waals surface area (Å²) in [4.78, 5) is 16.6. The van der Waals surface area contributed by atoms with Gasteiger partial charge in [-0.1, -0.05) is 30.4 Å². The smallest absolute Gasteiger partial charge is 0.239 e. The molecule has 0 bridgehead atoms. The monoisotopic (exact) mass is 307 g/mol. The fourth-order valence-electron chi connectivity index (χ4n) is 2.24. The molecule has 1 aromatic rings. The van der Waals surface area contributed by atoms with Crippen LogP contribution in [0.15, 0.2) is 24.3 Å². The highest BCUT2D eigenvalue weighted by Crippen LogP contribution is 2.11. The third-order valence-corrected chi connectivity index (χ3v) is 3.97. The van der Waals surface area contributed by atoms with E-state index in [0.717, 1.165) is 24.2 Å². The minimum atomic E-state index is -0.154. The molecule has 0 fully saturated rings. The maximum Gasteiger partial charge on any atom is 0.239 e. The van der Waals surface area contributed by atoms with Crippen LogP contribution in [-0.4, -0.2) is 46.9 Å². The molecule has 0 spiro atoms. The van der Waals surface area contributed by atoms with Crippen molar-refractivity contribution in [3.05, 3.63) is 35.4 Å². The van der Waals surface area contributed by atoms with Gasteiger partial charge in [-0.15, -0.1) is 0 Å². The summed E-state index contributed by atoms with van der Waals surface area (Å²) in [7, 11) is 1.96. The van der Waals surface area contributed by atoms with E-state index in [0.29, 0.717) is 11.5 Å². The number of nitrogens with zero attached hydrogens (tertiary/aromatic N) is 2. The quantitative estimate of drug-likeness (QED) is 0.783. The molecule has 1 unspecified atom stereocenters. The lowest BCUT2D eigenvalue weighted by Crippen LogP contribution is -2.45. The standard InChI is InChI=1S/C16H25N3OS/c1-5-19(6-2)16(20)12(3)18(4)11-13-8-7-9-14(10-13)15(17)21/h7-10,12H,5-6,11H2,1-4H3,(H2,17,21). The average Bonchev–Trinajstić information content (AvgIpc) is 2.47. The lowest BCUT2D eigenvalue weighted by molar-refractivity contribution is -0.135. The predicted octanol–water partition coefficient (Wildman–Crippen LogP) is 2.01. The highest BCUT2D eigenvalue weighted by Gasteiger charge is 2.22. The molecule has 0 aliphatic carbocycles. The Kier molecular flexibility index (Phi) is 6.78. The van der Waals surface area contributed by atoms with E-state index in [9.17, 15) is 4.79 Å². The Morgan fingerprint density at radius 3 is 2.48 bits per heavy atom. The molecule has 0 aliphatic rings. The normalized spacial score (nSPS) is 12.2. The molecular weight excluding hydrogens is 282 g/mol. The summed E-state index contributed by atoms with van der Waals surface area (Å²) in [6.07, 6.45) is 0. The van der Waals surface area contributed by atoms with Crippen LogP contribution in [0.4, 0.5) is 0 Å². The number of amides is 1. The van der Waals surface area contributed by atoms with Gasteiger partial charge < -0.3 is 10.6 Å². The van der Waals surface area contributed by atoms with Crippen molar-refractivity contribution < 1.29 is 4.79 Å². The Morgan fingerprint density at radius 2 is 1.95 bits per heavy atom. The SMILES string of the molecule is CCN(CC)C(=O)C(C)N(C)Cc1cccc(C(N)=S)c1. The minimum Gasteiger partial charge on any atom is -0.389 e. The van der Waals surface area contributed by atoms with E-state index in [1.54, 1.807) is 0 Å². The number of hydrogen-bond donors (Lipinski definition) is 1. The fraction of sp³-hybridized carbons (Fsp3) is 0.500. The van der Waals surface area contributed by atoms with Gasteiger partial charge in [0, 0.05) is 25.2 Å². The van der Waals surface area contributed by atoms with Gasteiger partial charge in [0.1, 0.15) is 4.99 Å². The second-order valence-corrected chi connectivity index (χ2v) is 5.61. The molecule has 0 saturated carbocycles. The molecule has 1 amide bonds. The fourth-order valence-corrected chi connectivity index (χ4v) is 2.36. The summed E-state index contributed by atoms with van der Waals surface area (Å²) < 4.78 is 0. The number of carbonyl (C=O) groups excluding carboxylic acids is 1. The number of benzene rings is 1. The third-order valence-electron chi connectivity index (χ3n) is 3.74. The van der Waals surface area contributed by atoms with Crippen molar-refractivity contribution in [2.45, 2.75) is 33.4 Å². The Hall–Kier alpha value is -1.46. The van der Waals surface area contributed by atoms with Gasteiger partial charge in [-0.25, -0.2) is 0 Å². The van der Waals surface area contributed by atoms with E-state index in [4.69, 9.17) is 18.0 Å². The van der Waals surface area contributed by atoms with Gasteiger partial charge >= 0.3 is 0 Å². The molecule has 4 nitrogen and oxygen atoms in total. The van der Waals surface area contributed by atoms with Crippen LogP contribution in [0.5, 0.6) is 0 Å². The van der Waals surface area contributed by atoms with Crippen molar-refractivity contribution in [1.82, 2.24) is 9.80 Å². The average molecular weight is 307 g/mol. The summed E-state index contributed by atoms with van der Waals surface area (Å²) >= 11 is 5.00. The summed E-state index contributed by atoms with van der Waals surface area (Å²) in [5.74, 6) is 0.160. The van der Waals surface area contributed by atoms with Gasteiger partial charge in [-0.2, -0.15) is 0 Å². The first-order valence-electron chi connectivity index (χ1n) is 7.28. The number of thiocarbonyl (C=S) groups is 1. The largest absolute Gasteiger partial charge is 0.389 e. The van der Waals surface area contributed by atoms with Crippen LogP contribution in [0.1, 0.15) is 31.9 Å². The van der Waals surface area contributed by atoms with Crippen molar-refractivity contribution in [2.75, 3.05) is 20.1 Å². The Labute approximate surface area is 132 Å². The zero-order valence-electron chi connectivity index (χ0n) is 13.3. The van der Waals surface area contributed by atoms with Crippen LogP contribution in [-0.2, 0) is 11.3 Å². The molecule has 1 rings (SSSR count). The van der Waals surface area contributed by atoms with Crippen LogP contribution in [0.25, 0.3) is 0 Å². The molecule has 116 valence electrons. The molecule has 0 saturated heterocycles. The molecule has 21 heavy (non-hydrogen) atoms. The second kappa shape index (κ2) is 8.10. The van der Waals surface area contributed by atoms with Crippen LogP contribution in [0.3, 0.4) is 0 Å². The lowest BCUT2D eigenvalue weighted by Gasteiger charge is -2.29. The molecule has 0 aliphatic heterocycles. The van der Waals surface area contributed by atoms with Gasteiger partial charge in [-0.05, 0) is 39.4 Å². The van der Waals surface area contributed by atoms with Gasteiger partial charge in [0.15, 0.2) is 0 Å². The van der Waals surface area contributed by atoms with Crippen molar-refractivity contribution in [3.8, 4) is 0 Å². The maximum atomic E-state index is 12.4. The van der Waals surface area contributed by atoms with Gasteiger partial charge in [0.05, 0.1) is 6.04 Å². The lowest BCUT2D eigenvalue weighted by atomic mass is 10.1. The van der Waals surface area contributed by atoms with Crippen molar-refractivity contribution in [2.24, 2.45) is 5.73 Å². The number of likely N-dealkylation sites (N-methyl/N-ethyl adjacent to an activating group) is 2. The van der Waals surface area contributed by atoms with E-state index < -0.39 is 0 Å². The van der Waals surface area contributed by atoms with E-state index in [1.807, 2.05) is 61.9 Å². The first-order chi connectivity index (χ1) is 9.90. The highest BCUT2D eigenvalue weighted by atomic mass is 32.1. The topological polar surface area (TPSA) is 49.6 Å². The van der Waals surface area contributed by atoms with Crippen LogP contribution < -0.4 is 5.73 Å². The number of carbonyl (C=O) groups is 1. The Bertz CT molecular complexity index is 500. The van der Waals surface area contributed by atoms with Gasteiger partial charge in [0.2, 0.25) is 5.91 Å². The summed E-state index contributed by atoms with van der Waals surface area (Å²) in [6.45, 7) is 8.11. The van der Waals surface area contributed by atoms with Crippen molar-refractivity contribution in [3.63, 3.8) is 0 Å². The van der Waals surface area contributed by atoms with E-state index >= 15 is 0 Å². The number of nitrogens with two attached hydrogens (primary N) is 1. The maximum absolute atomic E-state index is 12.4. The first kappa shape index (κ1) is 17.6. The van der Waals surface area contributed by atoms with E-state index in [2.05, 4.69) is 0 Å². The minimum absolute atomic E-state index is 0.154. The predicted molar refractivity (Wildman–Crippen MR) is 91.2 cm³/mol. The van der Waals surface area contributed by atoms with E-state index in [-0.39, 0.29) is 11.9 Å². The molecule has 2 N–H and O–H groups in total. The molecule has 0 radical (unpaired) electrons. The van der Waals surface area contributed by atoms with Crippen molar-refractivity contribution >= 4 is 23.1 Å². The van der Waals surface area contributed by atoms with Crippen LogP contribution in [0, 0.1) is 0 Å². The summed E-state index contributed by atoms with van der Waals surface area (Å²) in [5.41, 5.74) is 7.61. The molecule has 5 heteroatoms. The third kappa shape index (κ3) is 4.79. The highest BCUT2D eigenvalue weighted by molar-refractivity contribution is 7.80.